The van der Waals surface area contributed by atoms with Crippen LogP contribution in [-0.4, -0.2) is 28.8 Å². The highest BCUT2D eigenvalue weighted by atomic mass is 19.1. The Morgan fingerprint density at radius 3 is 2.45 bits per heavy atom. The second-order valence-electron chi connectivity index (χ2n) is 5.81. The largest absolute Gasteiger partial charge is 0.480 e. The van der Waals surface area contributed by atoms with E-state index in [2.05, 4.69) is 5.32 Å². The standard InChI is InChI=1S/C15H19F2NO4/c1-15(2,3)22-14(21)18-12(13(19)20)7-5-9-4-6-10(16)8-11(9)17/h4,6,8,12H,5,7H2,1-3H3,(H,18,21)(H,19,20)/t12-/m0/s1. The molecular weight excluding hydrogens is 296 g/mol. The summed E-state index contributed by atoms with van der Waals surface area (Å²) in [6, 6.07) is 1.85. The molecule has 0 aliphatic heterocycles. The number of carbonyl (C=O) groups excluding carboxylic acids is 1. The summed E-state index contributed by atoms with van der Waals surface area (Å²) in [5.74, 6) is -2.71. The van der Waals surface area contributed by atoms with Crippen molar-refractivity contribution in [2.75, 3.05) is 0 Å². The third-order valence-electron chi connectivity index (χ3n) is 2.71. The number of benzene rings is 1. The molecular formula is C15H19F2NO4. The summed E-state index contributed by atoms with van der Waals surface area (Å²) in [4.78, 5) is 22.7. The van der Waals surface area contributed by atoms with E-state index in [1.165, 1.54) is 6.07 Å². The van der Waals surface area contributed by atoms with Gasteiger partial charge in [-0.15, -0.1) is 0 Å². The van der Waals surface area contributed by atoms with Gasteiger partial charge < -0.3 is 15.2 Å². The minimum Gasteiger partial charge on any atom is -0.480 e. The van der Waals surface area contributed by atoms with E-state index < -0.39 is 35.3 Å². The van der Waals surface area contributed by atoms with Crippen LogP contribution in [0.25, 0.3) is 0 Å². The molecule has 1 aromatic carbocycles. The Labute approximate surface area is 127 Å². The number of carbonyl (C=O) groups is 2. The zero-order chi connectivity index (χ0) is 16.9. The quantitative estimate of drug-likeness (QED) is 0.876. The van der Waals surface area contributed by atoms with Crippen molar-refractivity contribution in [1.82, 2.24) is 5.32 Å². The van der Waals surface area contributed by atoms with Crippen molar-refractivity contribution in [2.24, 2.45) is 0 Å². The number of aryl methyl sites for hydroxylation is 1. The number of hydrogen-bond donors (Lipinski definition) is 2. The molecule has 5 nitrogen and oxygen atoms in total. The minimum absolute atomic E-state index is 0.0406. The number of hydrogen-bond acceptors (Lipinski definition) is 3. The topological polar surface area (TPSA) is 75.6 Å². The molecule has 0 radical (unpaired) electrons. The summed E-state index contributed by atoms with van der Waals surface area (Å²) >= 11 is 0. The van der Waals surface area contributed by atoms with Crippen molar-refractivity contribution in [3.05, 3.63) is 35.4 Å². The SMILES string of the molecule is CC(C)(C)OC(=O)N[C@@H](CCc1ccc(F)cc1F)C(=O)O. The maximum absolute atomic E-state index is 13.5. The maximum Gasteiger partial charge on any atom is 0.408 e. The number of amides is 1. The van der Waals surface area contributed by atoms with Crippen molar-refractivity contribution < 1.29 is 28.2 Å². The molecule has 0 aliphatic carbocycles. The molecule has 0 aliphatic rings. The molecule has 0 spiro atoms. The van der Waals surface area contributed by atoms with E-state index in [-0.39, 0.29) is 18.4 Å². The number of alkyl carbamates (subject to hydrolysis) is 1. The van der Waals surface area contributed by atoms with Crippen LogP contribution < -0.4 is 5.32 Å². The first kappa shape index (κ1) is 17.9. The summed E-state index contributed by atoms with van der Waals surface area (Å²) in [6.07, 6.45) is -0.866. The number of aliphatic carboxylic acids is 1. The second-order valence-corrected chi connectivity index (χ2v) is 5.81. The summed E-state index contributed by atoms with van der Waals surface area (Å²) in [5.41, 5.74) is -0.574. The molecule has 2 N–H and O–H groups in total. The van der Waals surface area contributed by atoms with Crippen LogP contribution in [0, 0.1) is 11.6 Å². The fourth-order valence-corrected chi connectivity index (χ4v) is 1.73. The Kier molecular flexibility index (Phi) is 5.84. The lowest BCUT2D eigenvalue weighted by Gasteiger charge is -2.22. The van der Waals surface area contributed by atoms with Gasteiger partial charge >= 0.3 is 12.1 Å². The van der Waals surface area contributed by atoms with Gasteiger partial charge in [0.15, 0.2) is 0 Å². The molecule has 1 atom stereocenters. The van der Waals surface area contributed by atoms with E-state index in [0.29, 0.717) is 0 Å². The number of nitrogens with one attached hydrogen (secondary N) is 1. The molecule has 0 aromatic heterocycles. The van der Waals surface area contributed by atoms with Crippen LogP contribution in [-0.2, 0) is 16.0 Å². The fraction of sp³-hybridized carbons (Fsp3) is 0.467. The molecule has 0 unspecified atom stereocenters. The van der Waals surface area contributed by atoms with Crippen LogP contribution >= 0.6 is 0 Å². The van der Waals surface area contributed by atoms with E-state index in [1.54, 1.807) is 20.8 Å². The molecule has 7 heteroatoms. The average Bonchev–Trinajstić information content (AvgIpc) is 2.33. The number of ether oxygens (including phenoxy) is 1. The van der Waals surface area contributed by atoms with Crippen LogP contribution in [0.2, 0.25) is 0 Å². The highest BCUT2D eigenvalue weighted by Crippen LogP contribution is 2.13. The average molecular weight is 315 g/mol. The van der Waals surface area contributed by atoms with Gasteiger partial charge in [0.25, 0.3) is 0 Å². The first-order chi connectivity index (χ1) is 10.1. The van der Waals surface area contributed by atoms with E-state index in [9.17, 15) is 18.4 Å². The molecule has 122 valence electrons. The van der Waals surface area contributed by atoms with Crippen molar-refractivity contribution in [3.8, 4) is 0 Å². The molecule has 1 aromatic rings. The lowest BCUT2D eigenvalue weighted by molar-refractivity contribution is -0.139. The highest BCUT2D eigenvalue weighted by Gasteiger charge is 2.24. The number of rotatable bonds is 5. The van der Waals surface area contributed by atoms with E-state index in [0.717, 1.165) is 12.1 Å². The predicted molar refractivity (Wildman–Crippen MR) is 75.5 cm³/mol. The summed E-state index contributed by atoms with van der Waals surface area (Å²) in [6.45, 7) is 4.95. The Balaban J connectivity index is 2.65. The lowest BCUT2D eigenvalue weighted by atomic mass is 10.0. The zero-order valence-electron chi connectivity index (χ0n) is 12.7. The van der Waals surface area contributed by atoms with Crippen molar-refractivity contribution in [3.63, 3.8) is 0 Å². The van der Waals surface area contributed by atoms with E-state index in [1.807, 2.05) is 0 Å². The van der Waals surface area contributed by atoms with Gasteiger partial charge in [0.1, 0.15) is 23.3 Å². The predicted octanol–water partition coefficient (Wildman–Crippen LogP) is 2.88. The van der Waals surface area contributed by atoms with E-state index >= 15 is 0 Å². The van der Waals surface area contributed by atoms with Crippen LogP contribution in [0.4, 0.5) is 13.6 Å². The molecule has 0 saturated carbocycles. The monoisotopic (exact) mass is 315 g/mol. The smallest absolute Gasteiger partial charge is 0.408 e. The third-order valence-corrected chi connectivity index (χ3v) is 2.71. The third kappa shape index (κ3) is 6.07. The van der Waals surface area contributed by atoms with Gasteiger partial charge in [-0.1, -0.05) is 6.07 Å². The van der Waals surface area contributed by atoms with Crippen LogP contribution in [0.15, 0.2) is 18.2 Å². The molecule has 0 saturated heterocycles. The number of carboxylic acids is 1. The Morgan fingerprint density at radius 1 is 1.32 bits per heavy atom. The first-order valence-electron chi connectivity index (χ1n) is 6.75. The minimum atomic E-state index is -1.26. The van der Waals surface area contributed by atoms with Gasteiger partial charge in [0, 0.05) is 6.07 Å². The maximum atomic E-state index is 13.5. The van der Waals surface area contributed by atoms with Crippen molar-refractivity contribution in [2.45, 2.75) is 45.3 Å². The summed E-state index contributed by atoms with van der Waals surface area (Å²) < 4.78 is 31.3. The van der Waals surface area contributed by atoms with Gasteiger partial charge in [-0.2, -0.15) is 0 Å². The molecule has 1 rings (SSSR count). The van der Waals surface area contributed by atoms with Gasteiger partial charge in [-0.3, -0.25) is 0 Å². The first-order valence-corrected chi connectivity index (χ1v) is 6.75. The molecule has 22 heavy (non-hydrogen) atoms. The molecule has 1 amide bonds. The van der Waals surface area contributed by atoms with Gasteiger partial charge in [-0.05, 0) is 45.2 Å². The van der Waals surface area contributed by atoms with Gasteiger partial charge in [0.2, 0.25) is 0 Å². The van der Waals surface area contributed by atoms with E-state index in [4.69, 9.17) is 9.84 Å². The van der Waals surface area contributed by atoms with Crippen LogP contribution in [0.5, 0.6) is 0 Å². The second kappa shape index (κ2) is 7.20. The fourth-order valence-electron chi connectivity index (χ4n) is 1.73. The van der Waals surface area contributed by atoms with Crippen molar-refractivity contribution in [1.29, 1.82) is 0 Å². The highest BCUT2D eigenvalue weighted by molar-refractivity contribution is 5.80. The zero-order valence-corrected chi connectivity index (χ0v) is 12.7. The molecule has 0 fully saturated rings. The molecule has 0 heterocycles. The van der Waals surface area contributed by atoms with Crippen LogP contribution in [0.1, 0.15) is 32.8 Å². The van der Waals surface area contributed by atoms with Gasteiger partial charge in [-0.25, -0.2) is 18.4 Å². The Hall–Kier alpha value is -2.18. The van der Waals surface area contributed by atoms with Crippen molar-refractivity contribution >= 4 is 12.1 Å². The lowest BCUT2D eigenvalue weighted by Crippen LogP contribution is -2.43. The Morgan fingerprint density at radius 2 is 1.95 bits per heavy atom. The number of halogens is 2. The molecule has 0 bridgehead atoms. The normalized spacial score (nSPS) is 12.6. The summed E-state index contributed by atoms with van der Waals surface area (Å²) in [5, 5.41) is 11.3. The Bertz CT molecular complexity index is 555. The van der Waals surface area contributed by atoms with Gasteiger partial charge in [0.05, 0.1) is 0 Å². The number of carboxylic acid groups (broad SMARTS) is 1. The summed E-state index contributed by atoms with van der Waals surface area (Å²) in [7, 11) is 0. The van der Waals surface area contributed by atoms with Crippen LogP contribution in [0.3, 0.4) is 0 Å².